The lowest BCUT2D eigenvalue weighted by atomic mass is 10.2. The molecule has 0 bridgehead atoms. The quantitative estimate of drug-likeness (QED) is 0.395. The highest BCUT2D eigenvalue weighted by Gasteiger charge is 2.11. The highest BCUT2D eigenvalue weighted by atomic mass is 32.1. The fourth-order valence-electron chi connectivity index (χ4n) is 3.40. The second-order valence-corrected chi connectivity index (χ2v) is 8.11. The number of hydrogen-bond acceptors (Lipinski definition) is 4. The summed E-state index contributed by atoms with van der Waals surface area (Å²) in [6.45, 7) is 4.09. The highest BCUT2D eigenvalue weighted by molar-refractivity contribution is 7.12. The van der Waals surface area contributed by atoms with E-state index in [4.69, 9.17) is 9.72 Å². The van der Waals surface area contributed by atoms with Crippen LogP contribution in [0.2, 0.25) is 0 Å². The summed E-state index contributed by atoms with van der Waals surface area (Å²) in [5, 5.41) is 4.90. The third-order valence-corrected chi connectivity index (χ3v) is 5.80. The van der Waals surface area contributed by atoms with E-state index >= 15 is 0 Å². The third-order valence-electron chi connectivity index (χ3n) is 4.93. The number of fused-ring (bicyclic) bond motifs is 1. The van der Waals surface area contributed by atoms with E-state index in [9.17, 15) is 4.79 Å². The Morgan fingerprint density at radius 2 is 1.93 bits per heavy atom. The fraction of sp³-hybridized carbons (Fsp3) is 0.250. The molecule has 154 valence electrons. The van der Waals surface area contributed by atoms with Gasteiger partial charge in [-0.05, 0) is 49.1 Å². The first kappa shape index (κ1) is 20.2. The molecule has 4 aromatic rings. The summed E-state index contributed by atoms with van der Waals surface area (Å²) in [5.41, 5.74) is 3.33. The van der Waals surface area contributed by atoms with Crippen LogP contribution in [0, 0.1) is 6.92 Å². The maximum Gasteiger partial charge on any atom is 0.261 e. The van der Waals surface area contributed by atoms with Crippen molar-refractivity contribution in [2.24, 2.45) is 0 Å². The first-order chi connectivity index (χ1) is 14.7. The first-order valence-electron chi connectivity index (χ1n) is 10.2. The van der Waals surface area contributed by atoms with E-state index in [1.165, 1.54) is 16.9 Å². The molecule has 0 radical (unpaired) electrons. The topological polar surface area (TPSA) is 56.1 Å². The van der Waals surface area contributed by atoms with E-state index in [1.54, 1.807) is 0 Å². The zero-order valence-electron chi connectivity index (χ0n) is 17.0. The predicted octanol–water partition coefficient (Wildman–Crippen LogP) is 4.85. The maximum absolute atomic E-state index is 12.2. The van der Waals surface area contributed by atoms with Crippen molar-refractivity contribution in [3.8, 4) is 5.75 Å². The van der Waals surface area contributed by atoms with E-state index in [0.29, 0.717) is 19.6 Å². The molecule has 0 aliphatic heterocycles. The van der Waals surface area contributed by atoms with Gasteiger partial charge in [0.15, 0.2) is 0 Å². The number of aryl methyl sites for hydroxylation is 2. The number of carbonyl (C=O) groups is 1. The van der Waals surface area contributed by atoms with Gasteiger partial charge < -0.3 is 14.6 Å². The summed E-state index contributed by atoms with van der Waals surface area (Å²) in [6, 6.07) is 20.0. The van der Waals surface area contributed by atoms with Gasteiger partial charge in [-0.1, -0.05) is 35.9 Å². The number of nitrogens with one attached hydrogen (secondary N) is 1. The van der Waals surface area contributed by atoms with Crippen LogP contribution in [-0.2, 0) is 13.0 Å². The van der Waals surface area contributed by atoms with Crippen molar-refractivity contribution in [1.82, 2.24) is 14.9 Å². The number of nitrogens with zero attached hydrogens (tertiary/aromatic N) is 2. The van der Waals surface area contributed by atoms with Crippen molar-refractivity contribution in [1.29, 1.82) is 0 Å². The van der Waals surface area contributed by atoms with Gasteiger partial charge in [0.25, 0.3) is 5.91 Å². The lowest BCUT2D eigenvalue weighted by molar-refractivity contribution is 0.0958. The Morgan fingerprint density at radius 1 is 1.10 bits per heavy atom. The van der Waals surface area contributed by atoms with Crippen LogP contribution < -0.4 is 10.1 Å². The number of amides is 1. The smallest absolute Gasteiger partial charge is 0.261 e. The number of carbonyl (C=O) groups excluding carboxylic acids is 1. The average Bonchev–Trinajstić information content (AvgIpc) is 3.41. The Hall–Kier alpha value is -3.12. The van der Waals surface area contributed by atoms with Gasteiger partial charge in [0, 0.05) is 19.5 Å². The monoisotopic (exact) mass is 419 g/mol. The molecule has 1 N–H and O–H groups in total. The van der Waals surface area contributed by atoms with Crippen molar-refractivity contribution >= 4 is 28.3 Å². The number of rotatable bonds is 9. The number of aromatic nitrogens is 2. The Bertz CT molecular complexity index is 1100. The molecule has 0 fully saturated rings. The van der Waals surface area contributed by atoms with Gasteiger partial charge in [0.05, 0.1) is 22.5 Å². The molecule has 6 heteroatoms. The lowest BCUT2D eigenvalue weighted by Gasteiger charge is -2.11. The van der Waals surface area contributed by atoms with Crippen LogP contribution in [-0.4, -0.2) is 28.6 Å². The number of hydrogen-bond donors (Lipinski definition) is 1. The number of ether oxygens (including phenoxy) is 1. The molecule has 0 unspecified atom stereocenters. The minimum Gasteiger partial charge on any atom is -0.494 e. The molecular weight excluding hydrogens is 394 g/mol. The number of para-hydroxylation sites is 2. The van der Waals surface area contributed by atoms with Crippen molar-refractivity contribution in [2.45, 2.75) is 26.3 Å². The van der Waals surface area contributed by atoms with Crippen LogP contribution in [0.4, 0.5) is 0 Å². The average molecular weight is 420 g/mol. The molecule has 30 heavy (non-hydrogen) atoms. The molecule has 0 spiro atoms. The van der Waals surface area contributed by atoms with Gasteiger partial charge in [-0.2, -0.15) is 0 Å². The number of benzene rings is 2. The maximum atomic E-state index is 12.2. The van der Waals surface area contributed by atoms with Gasteiger partial charge in [-0.25, -0.2) is 4.98 Å². The first-order valence-corrected chi connectivity index (χ1v) is 11.0. The third kappa shape index (κ3) is 4.89. The molecule has 4 rings (SSSR count). The zero-order valence-corrected chi connectivity index (χ0v) is 17.8. The van der Waals surface area contributed by atoms with Crippen molar-refractivity contribution in [3.05, 3.63) is 82.3 Å². The molecule has 2 aromatic heterocycles. The fourth-order valence-corrected chi connectivity index (χ4v) is 4.04. The number of imidazole rings is 1. The predicted molar refractivity (Wildman–Crippen MR) is 121 cm³/mol. The molecule has 1 amide bonds. The van der Waals surface area contributed by atoms with E-state index in [1.807, 2.05) is 47.8 Å². The van der Waals surface area contributed by atoms with E-state index in [2.05, 4.69) is 35.0 Å². The van der Waals surface area contributed by atoms with Gasteiger partial charge in [0.1, 0.15) is 11.6 Å². The van der Waals surface area contributed by atoms with E-state index in [-0.39, 0.29) is 5.91 Å². The molecule has 2 aromatic carbocycles. The summed E-state index contributed by atoms with van der Waals surface area (Å²) in [4.78, 5) is 17.7. The zero-order chi connectivity index (χ0) is 20.8. The van der Waals surface area contributed by atoms with Crippen LogP contribution >= 0.6 is 11.3 Å². The normalized spacial score (nSPS) is 11.0. The SMILES string of the molecule is Cc1ccc(OCCCn2c(CCNC(=O)c3cccs3)nc3ccccc32)cc1. The second-order valence-electron chi connectivity index (χ2n) is 7.17. The van der Waals surface area contributed by atoms with Gasteiger partial charge in [0.2, 0.25) is 0 Å². The minimum atomic E-state index is -0.0286. The summed E-state index contributed by atoms with van der Waals surface area (Å²) in [5.74, 6) is 1.85. The Kier molecular flexibility index (Phi) is 6.44. The molecule has 2 heterocycles. The summed E-state index contributed by atoms with van der Waals surface area (Å²) < 4.78 is 8.12. The Balaban J connectivity index is 1.37. The molecule has 0 atom stereocenters. The summed E-state index contributed by atoms with van der Waals surface area (Å²) in [6.07, 6.45) is 1.56. The Labute approximate surface area is 180 Å². The summed E-state index contributed by atoms with van der Waals surface area (Å²) in [7, 11) is 0. The van der Waals surface area contributed by atoms with Crippen LogP contribution in [0.25, 0.3) is 11.0 Å². The van der Waals surface area contributed by atoms with Crippen LogP contribution in [0.15, 0.2) is 66.0 Å². The van der Waals surface area contributed by atoms with Crippen LogP contribution in [0.3, 0.4) is 0 Å². The molecule has 5 nitrogen and oxygen atoms in total. The number of thiophene rings is 1. The van der Waals surface area contributed by atoms with Gasteiger partial charge in [-0.3, -0.25) is 4.79 Å². The molecule has 0 aliphatic carbocycles. The van der Waals surface area contributed by atoms with Crippen molar-refractivity contribution in [2.75, 3.05) is 13.2 Å². The van der Waals surface area contributed by atoms with Gasteiger partial charge in [-0.15, -0.1) is 11.3 Å². The summed E-state index contributed by atoms with van der Waals surface area (Å²) >= 11 is 1.45. The molecule has 0 saturated carbocycles. The second kappa shape index (κ2) is 9.59. The van der Waals surface area contributed by atoms with E-state index in [0.717, 1.165) is 40.5 Å². The van der Waals surface area contributed by atoms with Crippen LogP contribution in [0.5, 0.6) is 5.75 Å². The van der Waals surface area contributed by atoms with Crippen molar-refractivity contribution in [3.63, 3.8) is 0 Å². The molecular formula is C24H25N3O2S. The minimum absolute atomic E-state index is 0.0286. The Morgan fingerprint density at radius 3 is 2.73 bits per heavy atom. The van der Waals surface area contributed by atoms with Gasteiger partial charge >= 0.3 is 0 Å². The van der Waals surface area contributed by atoms with Crippen molar-refractivity contribution < 1.29 is 9.53 Å². The van der Waals surface area contributed by atoms with Crippen LogP contribution in [0.1, 0.15) is 27.5 Å². The van der Waals surface area contributed by atoms with E-state index < -0.39 is 0 Å². The lowest BCUT2D eigenvalue weighted by Crippen LogP contribution is -2.25. The highest BCUT2D eigenvalue weighted by Crippen LogP contribution is 2.18. The largest absolute Gasteiger partial charge is 0.494 e. The molecule has 0 saturated heterocycles. The standard InChI is InChI=1S/C24H25N3O2S/c1-18-9-11-19(12-10-18)29-16-5-15-27-21-7-3-2-6-20(21)26-23(27)13-14-25-24(28)22-8-4-17-30-22/h2-4,6-12,17H,5,13-16H2,1H3,(H,25,28). The molecule has 0 aliphatic rings.